The third kappa shape index (κ3) is 4.62. The quantitative estimate of drug-likeness (QED) is 0.316. The highest BCUT2D eigenvalue weighted by Crippen LogP contribution is 2.44. The molecule has 2 unspecified atom stereocenters. The lowest BCUT2D eigenvalue weighted by Gasteiger charge is -2.43. The molecule has 10 nitrogen and oxygen atoms in total. The van der Waals surface area contributed by atoms with Crippen molar-refractivity contribution in [3.63, 3.8) is 0 Å². The summed E-state index contributed by atoms with van der Waals surface area (Å²) in [7, 11) is -5.11. The Bertz CT molecular complexity index is 1130. The van der Waals surface area contributed by atoms with Crippen LogP contribution in [0.2, 0.25) is 0 Å². The van der Waals surface area contributed by atoms with Gasteiger partial charge in [-0.25, -0.2) is 9.36 Å². The number of hydrogen-bond acceptors (Lipinski definition) is 7. The largest absolute Gasteiger partial charge is 0.470 e. The number of fused-ring (bicyclic) bond motifs is 1. The zero-order chi connectivity index (χ0) is 22.9. The number of esters is 1. The molecule has 0 aliphatic carbocycles. The standard InChI is InChI=1S/C21H22NO9P/c23-12-16-17(24)18(31-32(26,27)28)19(30-21(25)14-7-2-1-3-8-14)20(29-16)22-11-10-13-6-4-5-9-15(13)22/h1-11,16-20,23-24H,12H2,(H2,26,27,28)/t16?,17-,18+,19?,20-/m1/s1. The molecule has 1 fully saturated rings. The second-order valence-electron chi connectivity index (χ2n) is 7.32. The summed E-state index contributed by atoms with van der Waals surface area (Å²) in [5.41, 5.74) is 0.874. The van der Waals surface area contributed by atoms with Crippen molar-refractivity contribution in [2.75, 3.05) is 6.61 Å². The normalized spacial score (nSPS) is 26.2. The zero-order valence-corrected chi connectivity index (χ0v) is 17.6. The lowest BCUT2D eigenvalue weighted by molar-refractivity contribution is -0.246. The maximum atomic E-state index is 12.8. The molecule has 1 saturated heterocycles. The van der Waals surface area contributed by atoms with Gasteiger partial charge in [-0.15, -0.1) is 0 Å². The molecule has 0 saturated carbocycles. The van der Waals surface area contributed by atoms with Crippen LogP contribution in [0, 0.1) is 0 Å². The van der Waals surface area contributed by atoms with Crippen LogP contribution >= 0.6 is 7.82 Å². The predicted molar refractivity (Wildman–Crippen MR) is 112 cm³/mol. The number of rotatable bonds is 6. The van der Waals surface area contributed by atoms with Crippen molar-refractivity contribution >= 4 is 24.7 Å². The third-order valence-corrected chi connectivity index (χ3v) is 5.75. The Balaban J connectivity index is 1.78. The van der Waals surface area contributed by atoms with Gasteiger partial charge in [0.15, 0.2) is 12.3 Å². The molecule has 0 amide bonds. The highest BCUT2D eigenvalue weighted by Gasteiger charge is 2.51. The molecule has 170 valence electrons. The van der Waals surface area contributed by atoms with Gasteiger partial charge in [0.1, 0.15) is 18.3 Å². The van der Waals surface area contributed by atoms with Crippen molar-refractivity contribution in [1.29, 1.82) is 0 Å². The van der Waals surface area contributed by atoms with E-state index >= 15 is 0 Å². The van der Waals surface area contributed by atoms with E-state index in [1.54, 1.807) is 47.2 Å². The van der Waals surface area contributed by atoms with E-state index in [4.69, 9.17) is 14.0 Å². The smallest absolute Gasteiger partial charge is 0.451 e. The fourth-order valence-corrected chi connectivity index (χ4v) is 4.34. The number of phosphoric ester groups is 1. The molecule has 3 aromatic rings. The summed E-state index contributed by atoms with van der Waals surface area (Å²) in [5.74, 6) is -0.797. The zero-order valence-electron chi connectivity index (χ0n) is 16.7. The summed E-state index contributed by atoms with van der Waals surface area (Å²) >= 11 is 0. The van der Waals surface area contributed by atoms with Gasteiger partial charge in [-0.05, 0) is 29.7 Å². The van der Waals surface area contributed by atoms with E-state index in [0.29, 0.717) is 5.52 Å². The number of hydrogen-bond donors (Lipinski definition) is 4. The van der Waals surface area contributed by atoms with Crippen molar-refractivity contribution in [3.05, 3.63) is 72.4 Å². The van der Waals surface area contributed by atoms with Crippen molar-refractivity contribution in [2.45, 2.75) is 30.6 Å². The van der Waals surface area contributed by atoms with Crippen LogP contribution in [-0.4, -0.2) is 61.6 Å². The molecule has 1 aromatic heterocycles. The summed E-state index contributed by atoms with van der Waals surface area (Å²) < 4.78 is 29.5. The number of carbonyl (C=O) groups excluding carboxylic acids is 1. The van der Waals surface area contributed by atoms with Gasteiger partial charge in [-0.2, -0.15) is 0 Å². The number of aromatic nitrogens is 1. The first-order valence-electron chi connectivity index (χ1n) is 9.78. The summed E-state index contributed by atoms with van der Waals surface area (Å²) in [5, 5.41) is 21.2. The Morgan fingerprint density at radius 3 is 2.41 bits per heavy atom. The number of carbonyl (C=O) groups is 1. The number of phosphoric acid groups is 1. The summed E-state index contributed by atoms with van der Waals surface area (Å²) in [6, 6.07) is 17.0. The molecule has 0 spiro atoms. The Hall–Kier alpha value is -2.56. The molecular formula is C21H22NO9P. The van der Waals surface area contributed by atoms with E-state index in [0.717, 1.165) is 5.39 Å². The molecule has 2 heterocycles. The predicted octanol–water partition coefficient (Wildman–Crippen LogP) is 1.60. The van der Waals surface area contributed by atoms with Gasteiger partial charge < -0.3 is 34.0 Å². The third-order valence-electron chi connectivity index (χ3n) is 5.23. The molecule has 32 heavy (non-hydrogen) atoms. The number of benzene rings is 2. The van der Waals surface area contributed by atoms with Gasteiger partial charge in [0, 0.05) is 6.20 Å². The number of nitrogens with zero attached hydrogens (tertiary/aromatic N) is 1. The van der Waals surface area contributed by atoms with Gasteiger partial charge in [0.25, 0.3) is 0 Å². The highest BCUT2D eigenvalue weighted by atomic mass is 31.2. The van der Waals surface area contributed by atoms with E-state index in [9.17, 15) is 29.4 Å². The fourth-order valence-electron chi connectivity index (χ4n) is 3.78. The van der Waals surface area contributed by atoms with Crippen molar-refractivity contribution in [1.82, 2.24) is 4.57 Å². The lowest BCUT2D eigenvalue weighted by Crippen LogP contribution is -2.58. The molecule has 1 aliphatic heterocycles. The second kappa shape index (κ2) is 9.13. The van der Waals surface area contributed by atoms with E-state index in [-0.39, 0.29) is 5.56 Å². The number of aliphatic hydroxyl groups excluding tert-OH is 2. The Morgan fingerprint density at radius 1 is 1.03 bits per heavy atom. The molecule has 4 N–H and O–H groups in total. The van der Waals surface area contributed by atoms with Crippen LogP contribution in [0.4, 0.5) is 0 Å². The first-order chi connectivity index (χ1) is 15.3. The topological polar surface area (TPSA) is 148 Å². The van der Waals surface area contributed by atoms with Gasteiger partial charge in [-0.1, -0.05) is 36.4 Å². The van der Waals surface area contributed by atoms with E-state index in [2.05, 4.69) is 0 Å². The van der Waals surface area contributed by atoms with Gasteiger partial charge in [0.2, 0.25) is 0 Å². The lowest BCUT2D eigenvalue weighted by atomic mass is 9.97. The SMILES string of the molecule is O=C(OC1[C@@H](OP(=O)(O)O)[C@H](O)C(CO)O[C@H]1n1ccc2ccccc21)c1ccccc1. The highest BCUT2D eigenvalue weighted by molar-refractivity contribution is 7.46. The van der Waals surface area contributed by atoms with E-state index in [1.165, 1.54) is 12.1 Å². The first kappa shape index (κ1) is 22.6. The molecule has 1 aliphatic rings. The molecule has 5 atom stereocenters. The van der Waals surface area contributed by atoms with Crippen LogP contribution in [0.15, 0.2) is 66.9 Å². The second-order valence-corrected chi connectivity index (χ2v) is 8.51. The molecule has 4 rings (SSSR count). The van der Waals surface area contributed by atoms with Crippen LogP contribution < -0.4 is 0 Å². The number of para-hydroxylation sites is 1. The Labute approximate surface area is 182 Å². The summed E-state index contributed by atoms with van der Waals surface area (Å²) in [6.45, 7) is -0.656. The van der Waals surface area contributed by atoms with Crippen LogP contribution in [-0.2, 0) is 18.6 Å². The molecule has 0 bridgehead atoms. The maximum absolute atomic E-state index is 12.8. The maximum Gasteiger partial charge on any atom is 0.470 e. The van der Waals surface area contributed by atoms with Crippen LogP contribution in [0.25, 0.3) is 10.9 Å². The van der Waals surface area contributed by atoms with E-state index in [1.807, 2.05) is 12.1 Å². The fraction of sp³-hybridized carbons (Fsp3) is 0.286. The Kier molecular flexibility index (Phi) is 6.45. The molecule has 2 aromatic carbocycles. The summed E-state index contributed by atoms with van der Waals surface area (Å²) in [6.07, 6.45) is -5.56. The summed E-state index contributed by atoms with van der Waals surface area (Å²) in [4.78, 5) is 31.7. The number of aliphatic hydroxyl groups is 2. The van der Waals surface area contributed by atoms with Gasteiger partial charge in [0.05, 0.1) is 17.7 Å². The van der Waals surface area contributed by atoms with Crippen molar-refractivity contribution in [3.8, 4) is 0 Å². The monoisotopic (exact) mass is 463 g/mol. The Morgan fingerprint density at radius 2 is 1.72 bits per heavy atom. The minimum absolute atomic E-state index is 0.192. The van der Waals surface area contributed by atoms with Crippen molar-refractivity contribution < 1.29 is 43.4 Å². The van der Waals surface area contributed by atoms with Crippen LogP contribution in [0.1, 0.15) is 16.6 Å². The first-order valence-corrected chi connectivity index (χ1v) is 11.3. The molecule has 0 radical (unpaired) electrons. The van der Waals surface area contributed by atoms with Crippen molar-refractivity contribution in [2.24, 2.45) is 0 Å². The average Bonchev–Trinajstić information content (AvgIpc) is 3.20. The van der Waals surface area contributed by atoms with Gasteiger partial charge in [-0.3, -0.25) is 4.52 Å². The number of ether oxygens (including phenoxy) is 2. The van der Waals surface area contributed by atoms with Crippen LogP contribution in [0.3, 0.4) is 0 Å². The molecular weight excluding hydrogens is 441 g/mol. The minimum atomic E-state index is -5.11. The average molecular weight is 463 g/mol. The minimum Gasteiger partial charge on any atom is -0.451 e. The van der Waals surface area contributed by atoms with Gasteiger partial charge >= 0.3 is 13.8 Å². The van der Waals surface area contributed by atoms with Crippen LogP contribution in [0.5, 0.6) is 0 Å². The molecule has 11 heteroatoms. The van der Waals surface area contributed by atoms with E-state index < -0.39 is 51.0 Å².